The van der Waals surface area contributed by atoms with Crippen LogP contribution in [-0.4, -0.2) is 11.1 Å². The number of anilines is 1. The van der Waals surface area contributed by atoms with E-state index in [-0.39, 0.29) is 15.9 Å². The molecule has 0 fully saturated rings. The topological polar surface area (TPSA) is 55.1 Å². The molecule has 0 unspecified atom stereocenters. The smallest absolute Gasteiger partial charge is 0.277 e. The standard InChI is InChI=1S/C11H7BrF2N2O2/c1-5-2-9(16-18-5)11(17)15-10-7(12)3-6(13)4-8(10)14/h2-4H,1H3,(H,15,17). The number of halogens is 3. The molecule has 0 radical (unpaired) electrons. The van der Waals surface area contributed by atoms with E-state index in [1.807, 2.05) is 0 Å². The van der Waals surface area contributed by atoms with Crippen LogP contribution in [0.25, 0.3) is 0 Å². The number of nitrogens with one attached hydrogen (secondary N) is 1. The minimum atomic E-state index is -0.879. The van der Waals surface area contributed by atoms with E-state index in [0.29, 0.717) is 11.8 Å². The van der Waals surface area contributed by atoms with Gasteiger partial charge in [-0.05, 0) is 28.9 Å². The fourth-order valence-electron chi connectivity index (χ4n) is 1.31. The zero-order chi connectivity index (χ0) is 13.3. The van der Waals surface area contributed by atoms with Crippen LogP contribution in [0.1, 0.15) is 16.2 Å². The maximum absolute atomic E-state index is 13.5. The van der Waals surface area contributed by atoms with Crippen molar-refractivity contribution in [3.63, 3.8) is 0 Å². The van der Waals surface area contributed by atoms with Crippen LogP contribution < -0.4 is 5.32 Å². The molecule has 0 atom stereocenters. The lowest BCUT2D eigenvalue weighted by atomic mass is 10.2. The number of rotatable bonds is 2. The number of nitrogens with zero attached hydrogens (tertiary/aromatic N) is 1. The molecule has 4 nitrogen and oxygen atoms in total. The van der Waals surface area contributed by atoms with E-state index < -0.39 is 17.5 Å². The molecule has 0 saturated heterocycles. The first-order valence-electron chi connectivity index (χ1n) is 4.86. The first-order valence-corrected chi connectivity index (χ1v) is 5.66. The normalized spacial score (nSPS) is 10.4. The van der Waals surface area contributed by atoms with Crippen LogP contribution in [0.5, 0.6) is 0 Å². The van der Waals surface area contributed by atoms with E-state index in [1.165, 1.54) is 6.07 Å². The first kappa shape index (κ1) is 12.7. The molecule has 7 heteroatoms. The minimum Gasteiger partial charge on any atom is -0.361 e. The lowest BCUT2D eigenvalue weighted by Crippen LogP contribution is -2.14. The maximum atomic E-state index is 13.5. The number of hydrogen-bond donors (Lipinski definition) is 1. The monoisotopic (exact) mass is 316 g/mol. The molecule has 1 amide bonds. The second kappa shape index (κ2) is 4.85. The molecule has 1 aromatic heterocycles. The number of aromatic nitrogens is 1. The highest BCUT2D eigenvalue weighted by atomic mass is 79.9. The Morgan fingerprint density at radius 2 is 2.11 bits per heavy atom. The summed E-state index contributed by atoms with van der Waals surface area (Å²) in [7, 11) is 0. The summed E-state index contributed by atoms with van der Waals surface area (Å²) in [6.45, 7) is 1.62. The third-order valence-corrected chi connectivity index (χ3v) is 2.73. The summed E-state index contributed by atoms with van der Waals surface area (Å²) in [6.07, 6.45) is 0. The largest absolute Gasteiger partial charge is 0.361 e. The van der Waals surface area contributed by atoms with Crippen molar-refractivity contribution in [2.24, 2.45) is 0 Å². The van der Waals surface area contributed by atoms with Gasteiger partial charge in [0.15, 0.2) is 11.5 Å². The fraction of sp³-hybridized carbons (Fsp3) is 0.0909. The lowest BCUT2D eigenvalue weighted by Gasteiger charge is -2.07. The second-order valence-electron chi connectivity index (χ2n) is 3.52. The molecule has 0 saturated carbocycles. The summed E-state index contributed by atoms with van der Waals surface area (Å²) in [5.74, 6) is -1.80. The summed E-state index contributed by atoms with van der Waals surface area (Å²) in [6, 6.07) is 3.13. The van der Waals surface area contributed by atoms with Gasteiger partial charge in [-0.25, -0.2) is 8.78 Å². The van der Waals surface area contributed by atoms with Gasteiger partial charge < -0.3 is 9.84 Å². The molecule has 0 aliphatic heterocycles. The molecule has 1 aromatic carbocycles. The van der Waals surface area contributed by atoms with Crippen LogP contribution in [0, 0.1) is 18.6 Å². The highest BCUT2D eigenvalue weighted by Gasteiger charge is 2.16. The molecule has 0 aliphatic rings. The summed E-state index contributed by atoms with van der Waals surface area (Å²) >= 11 is 2.97. The molecular weight excluding hydrogens is 310 g/mol. The van der Waals surface area contributed by atoms with Gasteiger partial charge in [0.1, 0.15) is 11.6 Å². The fourth-order valence-corrected chi connectivity index (χ4v) is 1.82. The van der Waals surface area contributed by atoms with Crippen LogP contribution in [-0.2, 0) is 0 Å². The van der Waals surface area contributed by atoms with E-state index in [0.717, 1.165) is 6.07 Å². The van der Waals surface area contributed by atoms with Gasteiger partial charge in [0.2, 0.25) is 0 Å². The van der Waals surface area contributed by atoms with E-state index in [1.54, 1.807) is 6.92 Å². The number of carbonyl (C=O) groups excluding carboxylic acids is 1. The number of carbonyl (C=O) groups is 1. The molecular formula is C11H7BrF2N2O2. The van der Waals surface area contributed by atoms with Crippen LogP contribution in [0.2, 0.25) is 0 Å². The van der Waals surface area contributed by atoms with Crippen LogP contribution in [0.3, 0.4) is 0 Å². The molecule has 2 rings (SSSR count). The SMILES string of the molecule is Cc1cc(C(=O)Nc2c(F)cc(F)cc2Br)no1. The van der Waals surface area contributed by atoms with Gasteiger partial charge in [-0.15, -0.1) is 0 Å². The molecule has 94 valence electrons. The Morgan fingerprint density at radius 1 is 1.39 bits per heavy atom. The molecule has 1 heterocycles. The van der Waals surface area contributed by atoms with Gasteiger partial charge in [-0.1, -0.05) is 5.16 Å². The molecule has 0 aliphatic carbocycles. The average molecular weight is 317 g/mol. The first-order chi connectivity index (χ1) is 8.47. The second-order valence-corrected chi connectivity index (χ2v) is 4.38. The van der Waals surface area contributed by atoms with Crippen molar-refractivity contribution in [3.05, 3.63) is 45.8 Å². The van der Waals surface area contributed by atoms with Gasteiger partial charge in [0.05, 0.1) is 5.69 Å². The molecule has 0 spiro atoms. The third-order valence-electron chi connectivity index (χ3n) is 2.11. The Hall–Kier alpha value is -1.76. The Morgan fingerprint density at radius 3 is 2.67 bits per heavy atom. The highest BCUT2D eigenvalue weighted by molar-refractivity contribution is 9.10. The average Bonchev–Trinajstić information content (AvgIpc) is 2.70. The minimum absolute atomic E-state index is 0.0168. The quantitative estimate of drug-likeness (QED) is 0.925. The summed E-state index contributed by atoms with van der Waals surface area (Å²) < 4.78 is 31.2. The van der Waals surface area contributed by atoms with Crippen LogP contribution in [0.15, 0.2) is 27.2 Å². The van der Waals surface area contributed by atoms with Gasteiger partial charge in [-0.2, -0.15) is 0 Å². The van der Waals surface area contributed by atoms with Crippen LogP contribution >= 0.6 is 15.9 Å². The Kier molecular flexibility index (Phi) is 3.42. The number of hydrogen-bond acceptors (Lipinski definition) is 3. The van der Waals surface area contributed by atoms with E-state index in [2.05, 4.69) is 26.4 Å². The van der Waals surface area contributed by atoms with E-state index >= 15 is 0 Å². The maximum Gasteiger partial charge on any atom is 0.277 e. The van der Waals surface area contributed by atoms with Crippen molar-refractivity contribution in [2.45, 2.75) is 6.92 Å². The predicted molar refractivity (Wildman–Crippen MR) is 63.3 cm³/mol. The Bertz CT molecular complexity index is 590. The zero-order valence-electron chi connectivity index (χ0n) is 9.13. The third kappa shape index (κ3) is 2.56. The van der Waals surface area contributed by atoms with Crippen molar-refractivity contribution in [3.8, 4) is 0 Å². The van der Waals surface area contributed by atoms with Crippen molar-refractivity contribution < 1.29 is 18.1 Å². The van der Waals surface area contributed by atoms with Crippen molar-refractivity contribution in [2.75, 3.05) is 5.32 Å². The Labute approximate surface area is 109 Å². The van der Waals surface area contributed by atoms with Crippen molar-refractivity contribution in [1.29, 1.82) is 0 Å². The van der Waals surface area contributed by atoms with Gasteiger partial charge in [0, 0.05) is 16.6 Å². The molecule has 0 bridgehead atoms. The summed E-state index contributed by atoms with van der Waals surface area (Å²) in [4.78, 5) is 11.7. The lowest BCUT2D eigenvalue weighted by molar-refractivity contribution is 0.101. The van der Waals surface area contributed by atoms with Gasteiger partial charge in [-0.3, -0.25) is 4.79 Å². The Balaban J connectivity index is 2.27. The number of benzene rings is 1. The molecule has 18 heavy (non-hydrogen) atoms. The zero-order valence-corrected chi connectivity index (χ0v) is 10.7. The number of amides is 1. The highest BCUT2D eigenvalue weighted by Crippen LogP contribution is 2.27. The summed E-state index contributed by atoms with van der Waals surface area (Å²) in [5, 5.41) is 5.78. The predicted octanol–water partition coefficient (Wildman–Crippen LogP) is 3.28. The molecule has 1 N–H and O–H groups in total. The van der Waals surface area contributed by atoms with Gasteiger partial charge >= 0.3 is 0 Å². The van der Waals surface area contributed by atoms with E-state index in [4.69, 9.17) is 4.52 Å². The van der Waals surface area contributed by atoms with Gasteiger partial charge in [0.25, 0.3) is 5.91 Å². The molecule has 2 aromatic rings. The van der Waals surface area contributed by atoms with E-state index in [9.17, 15) is 13.6 Å². The summed E-state index contributed by atoms with van der Waals surface area (Å²) in [5.41, 5.74) is -0.134. The van der Waals surface area contributed by atoms with Crippen molar-refractivity contribution >= 4 is 27.5 Å². The van der Waals surface area contributed by atoms with Crippen LogP contribution in [0.4, 0.5) is 14.5 Å². The van der Waals surface area contributed by atoms with Crippen molar-refractivity contribution in [1.82, 2.24) is 5.16 Å². The number of aryl methyl sites for hydroxylation is 1.